The van der Waals surface area contributed by atoms with Crippen molar-refractivity contribution in [1.29, 1.82) is 0 Å². The summed E-state index contributed by atoms with van der Waals surface area (Å²) in [6.45, 7) is -0.0913. The fraction of sp³-hybridized carbons (Fsp3) is 0.538. The SMILES string of the molecule is O=S(=O)(NCC1CCCC1)c1ccc(F)c(CO)c1. The number of aliphatic hydroxyl groups is 1. The molecule has 1 aliphatic rings. The van der Waals surface area contributed by atoms with Gasteiger partial charge in [-0.2, -0.15) is 0 Å². The van der Waals surface area contributed by atoms with Crippen molar-refractivity contribution in [2.45, 2.75) is 37.2 Å². The number of benzene rings is 1. The Morgan fingerprint density at radius 1 is 1.32 bits per heavy atom. The van der Waals surface area contributed by atoms with E-state index in [-0.39, 0.29) is 10.5 Å². The summed E-state index contributed by atoms with van der Waals surface area (Å²) in [5.41, 5.74) is -0.0104. The molecule has 0 spiro atoms. The van der Waals surface area contributed by atoms with Crippen LogP contribution in [0, 0.1) is 11.7 Å². The lowest BCUT2D eigenvalue weighted by Gasteiger charge is -2.12. The number of halogens is 1. The maximum absolute atomic E-state index is 13.2. The van der Waals surface area contributed by atoms with Gasteiger partial charge in [0.1, 0.15) is 5.82 Å². The van der Waals surface area contributed by atoms with Crippen molar-refractivity contribution in [3.05, 3.63) is 29.6 Å². The summed E-state index contributed by atoms with van der Waals surface area (Å²) in [6, 6.07) is 3.45. The average molecular weight is 287 g/mol. The van der Waals surface area contributed by atoms with Gasteiger partial charge in [-0.25, -0.2) is 17.5 Å². The van der Waals surface area contributed by atoms with Gasteiger partial charge in [0.2, 0.25) is 10.0 Å². The Hall–Kier alpha value is -0.980. The zero-order valence-electron chi connectivity index (χ0n) is 10.6. The molecular formula is C13H18FNO3S. The quantitative estimate of drug-likeness (QED) is 0.867. The molecule has 0 aliphatic heterocycles. The molecular weight excluding hydrogens is 269 g/mol. The highest BCUT2D eigenvalue weighted by atomic mass is 32.2. The minimum Gasteiger partial charge on any atom is -0.392 e. The highest BCUT2D eigenvalue weighted by Crippen LogP contribution is 2.24. The Balaban J connectivity index is 2.10. The van der Waals surface area contributed by atoms with E-state index in [1.54, 1.807) is 0 Å². The van der Waals surface area contributed by atoms with E-state index in [4.69, 9.17) is 5.11 Å². The zero-order valence-corrected chi connectivity index (χ0v) is 11.4. The van der Waals surface area contributed by atoms with E-state index in [0.717, 1.165) is 31.7 Å². The molecule has 0 radical (unpaired) electrons. The summed E-state index contributed by atoms with van der Waals surface area (Å²) >= 11 is 0. The van der Waals surface area contributed by atoms with Crippen LogP contribution >= 0.6 is 0 Å². The van der Waals surface area contributed by atoms with Crippen LogP contribution in [0.25, 0.3) is 0 Å². The molecule has 2 N–H and O–H groups in total. The van der Waals surface area contributed by atoms with Crippen molar-refractivity contribution in [2.75, 3.05) is 6.54 Å². The molecule has 1 saturated carbocycles. The Morgan fingerprint density at radius 2 is 2.00 bits per heavy atom. The van der Waals surface area contributed by atoms with Gasteiger partial charge in [-0.15, -0.1) is 0 Å². The summed E-state index contributed by atoms with van der Waals surface area (Å²) in [7, 11) is -3.62. The van der Waals surface area contributed by atoms with Gasteiger partial charge < -0.3 is 5.11 Å². The molecule has 0 aromatic heterocycles. The van der Waals surface area contributed by atoms with Crippen LogP contribution in [0.3, 0.4) is 0 Å². The highest BCUT2D eigenvalue weighted by Gasteiger charge is 2.20. The Bertz CT molecular complexity index is 539. The molecule has 106 valence electrons. The van der Waals surface area contributed by atoms with E-state index < -0.39 is 22.4 Å². The summed E-state index contributed by atoms with van der Waals surface area (Å²) in [4.78, 5) is -0.00375. The number of nitrogens with one attached hydrogen (secondary N) is 1. The van der Waals surface area contributed by atoms with Crippen LogP contribution in [0.15, 0.2) is 23.1 Å². The van der Waals surface area contributed by atoms with Crippen LogP contribution in [0.4, 0.5) is 4.39 Å². The molecule has 19 heavy (non-hydrogen) atoms. The molecule has 2 rings (SSSR count). The van der Waals surface area contributed by atoms with E-state index in [9.17, 15) is 12.8 Å². The first-order chi connectivity index (χ1) is 9.03. The number of hydrogen-bond acceptors (Lipinski definition) is 3. The zero-order chi connectivity index (χ0) is 13.9. The second-order valence-corrected chi connectivity index (χ2v) is 6.68. The fourth-order valence-electron chi connectivity index (χ4n) is 2.36. The largest absolute Gasteiger partial charge is 0.392 e. The van der Waals surface area contributed by atoms with Gasteiger partial charge in [0.25, 0.3) is 0 Å². The normalized spacial score (nSPS) is 16.9. The minimum absolute atomic E-state index is 0.00375. The molecule has 0 heterocycles. The third-order valence-corrected chi connectivity index (χ3v) is 4.96. The first-order valence-electron chi connectivity index (χ1n) is 6.42. The molecule has 0 bridgehead atoms. The summed E-state index contributed by atoms with van der Waals surface area (Å²) < 4.78 is 39.9. The van der Waals surface area contributed by atoms with Crippen molar-refractivity contribution < 1.29 is 17.9 Å². The minimum atomic E-state index is -3.62. The van der Waals surface area contributed by atoms with Crippen molar-refractivity contribution in [1.82, 2.24) is 4.72 Å². The standard InChI is InChI=1S/C13H18FNO3S/c14-13-6-5-12(7-11(13)9-16)19(17,18)15-8-10-3-1-2-4-10/h5-7,10,15-16H,1-4,8-9H2. The molecule has 6 heteroatoms. The van der Waals surface area contributed by atoms with Crippen molar-refractivity contribution in [3.8, 4) is 0 Å². The number of hydrogen-bond donors (Lipinski definition) is 2. The molecule has 1 aromatic carbocycles. The van der Waals surface area contributed by atoms with Gasteiger partial charge in [0.05, 0.1) is 11.5 Å². The number of sulfonamides is 1. The lowest BCUT2D eigenvalue weighted by Crippen LogP contribution is -2.28. The van der Waals surface area contributed by atoms with Gasteiger partial charge in [-0.3, -0.25) is 0 Å². The van der Waals surface area contributed by atoms with Gasteiger partial charge in [-0.1, -0.05) is 12.8 Å². The molecule has 0 amide bonds. The van der Waals surface area contributed by atoms with Crippen LogP contribution in [0.2, 0.25) is 0 Å². The third kappa shape index (κ3) is 3.52. The lowest BCUT2D eigenvalue weighted by atomic mass is 10.1. The predicted octanol–water partition coefficient (Wildman–Crippen LogP) is 1.79. The van der Waals surface area contributed by atoms with Crippen molar-refractivity contribution in [2.24, 2.45) is 5.92 Å². The summed E-state index contributed by atoms with van der Waals surface area (Å²) in [5, 5.41) is 8.96. The van der Waals surface area contributed by atoms with Gasteiger partial charge in [0.15, 0.2) is 0 Å². The second kappa shape index (κ2) is 5.98. The second-order valence-electron chi connectivity index (χ2n) is 4.91. The van der Waals surface area contributed by atoms with E-state index in [2.05, 4.69) is 4.72 Å². The Morgan fingerprint density at radius 3 is 2.63 bits per heavy atom. The first-order valence-corrected chi connectivity index (χ1v) is 7.90. The molecule has 1 aliphatic carbocycles. The lowest BCUT2D eigenvalue weighted by molar-refractivity contribution is 0.275. The van der Waals surface area contributed by atoms with Crippen LogP contribution in [-0.4, -0.2) is 20.1 Å². The fourth-order valence-corrected chi connectivity index (χ4v) is 3.53. The topological polar surface area (TPSA) is 66.4 Å². The maximum Gasteiger partial charge on any atom is 0.240 e. The Kier molecular flexibility index (Phi) is 4.54. The summed E-state index contributed by atoms with van der Waals surface area (Å²) in [5.74, 6) is -0.204. The smallest absolute Gasteiger partial charge is 0.240 e. The Labute approximate surface area is 112 Å². The highest BCUT2D eigenvalue weighted by molar-refractivity contribution is 7.89. The van der Waals surface area contributed by atoms with Crippen LogP contribution in [0.5, 0.6) is 0 Å². The monoisotopic (exact) mass is 287 g/mol. The molecule has 0 unspecified atom stereocenters. The number of rotatable bonds is 5. The average Bonchev–Trinajstić information content (AvgIpc) is 2.90. The predicted molar refractivity (Wildman–Crippen MR) is 69.5 cm³/mol. The molecule has 0 saturated heterocycles. The van der Waals surface area contributed by atoms with Gasteiger partial charge in [0, 0.05) is 12.1 Å². The third-order valence-electron chi connectivity index (χ3n) is 3.53. The van der Waals surface area contributed by atoms with E-state index in [0.29, 0.717) is 12.5 Å². The number of aliphatic hydroxyl groups excluding tert-OH is 1. The van der Waals surface area contributed by atoms with Gasteiger partial charge in [-0.05, 0) is 37.0 Å². The maximum atomic E-state index is 13.2. The van der Waals surface area contributed by atoms with Crippen molar-refractivity contribution in [3.63, 3.8) is 0 Å². The van der Waals surface area contributed by atoms with E-state index in [1.807, 2.05) is 0 Å². The van der Waals surface area contributed by atoms with Crippen LogP contribution in [0.1, 0.15) is 31.2 Å². The van der Waals surface area contributed by atoms with Crippen LogP contribution in [-0.2, 0) is 16.6 Å². The summed E-state index contributed by atoms with van der Waals surface area (Å²) in [6.07, 6.45) is 4.40. The molecule has 0 atom stereocenters. The first kappa shape index (κ1) is 14.4. The van der Waals surface area contributed by atoms with E-state index in [1.165, 1.54) is 12.1 Å². The molecule has 1 aromatic rings. The van der Waals surface area contributed by atoms with E-state index >= 15 is 0 Å². The molecule has 1 fully saturated rings. The van der Waals surface area contributed by atoms with Crippen LogP contribution < -0.4 is 4.72 Å². The molecule has 4 nitrogen and oxygen atoms in total. The van der Waals surface area contributed by atoms with Crippen molar-refractivity contribution >= 4 is 10.0 Å². The van der Waals surface area contributed by atoms with Gasteiger partial charge >= 0.3 is 0 Å².